The van der Waals surface area contributed by atoms with Crippen molar-refractivity contribution in [1.82, 2.24) is 14.5 Å². The van der Waals surface area contributed by atoms with E-state index in [1.165, 1.54) is 18.1 Å². The molecule has 4 atom stereocenters. The SMILES string of the molecule is C=CCSc1ncnc2c1c(Br)cn2C1OC(CO)C(O)C1O. The third-order valence-corrected chi connectivity index (χ3v) is 5.24. The predicted molar refractivity (Wildman–Crippen MR) is 89.2 cm³/mol. The monoisotopic (exact) mass is 401 g/mol. The van der Waals surface area contributed by atoms with E-state index in [0.29, 0.717) is 11.4 Å². The molecule has 1 aliphatic rings. The highest BCUT2D eigenvalue weighted by atomic mass is 79.9. The minimum atomic E-state index is -1.16. The van der Waals surface area contributed by atoms with Gasteiger partial charge in [0.05, 0.1) is 12.0 Å². The number of fused-ring (bicyclic) bond motifs is 1. The van der Waals surface area contributed by atoms with Crippen LogP contribution in [-0.2, 0) is 4.74 Å². The normalized spacial score (nSPS) is 27.7. The van der Waals surface area contributed by atoms with Crippen LogP contribution in [0.1, 0.15) is 6.23 Å². The highest BCUT2D eigenvalue weighted by molar-refractivity contribution is 9.10. The van der Waals surface area contributed by atoms with Crippen LogP contribution in [0.15, 0.2) is 34.7 Å². The number of nitrogens with zero attached hydrogens (tertiary/aromatic N) is 3. The summed E-state index contributed by atoms with van der Waals surface area (Å²) in [6, 6.07) is 0. The molecule has 2 aromatic heterocycles. The zero-order valence-electron chi connectivity index (χ0n) is 12.0. The highest BCUT2D eigenvalue weighted by Gasteiger charge is 2.44. The van der Waals surface area contributed by atoms with Crippen molar-refractivity contribution in [3.63, 3.8) is 0 Å². The summed E-state index contributed by atoms with van der Waals surface area (Å²) in [6.07, 6.45) is 0.989. The molecule has 9 heteroatoms. The molecule has 0 aliphatic carbocycles. The van der Waals surface area contributed by atoms with E-state index in [-0.39, 0.29) is 6.61 Å². The van der Waals surface area contributed by atoms with Crippen LogP contribution in [0, 0.1) is 0 Å². The van der Waals surface area contributed by atoms with Gasteiger partial charge in [-0.15, -0.1) is 18.3 Å². The van der Waals surface area contributed by atoms with Crippen molar-refractivity contribution < 1.29 is 20.1 Å². The van der Waals surface area contributed by atoms with E-state index in [1.54, 1.807) is 16.8 Å². The third-order valence-electron chi connectivity index (χ3n) is 3.66. The van der Waals surface area contributed by atoms with Gasteiger partial charge < -0.3 is 24.6 Å². The maximum Gasteiger partial charge on any atom is 0.164 e. The first kappa shape index (κ1) is 16.9. The number of aliphatic hydroxyl groups is 3. The molecule has 0 saturated carbocycles. The van der Waals surface area contributed by atoms with Gasteiger partial charge in [0.15, 0.2) is 6.23 Å². The Balaban J connectivity index is 2.04. The fourth-order valence-corrected chi connectivity index (χ4v) is 4.02. The summed E-state index contributed by atoms with van der Waals surface area (Å²) in [4.78, 5) is 8.55. The summed E-state index contributed by atoms with van der Waals surface area (Å²) in [6.45, 7) is 3.33. The van der Waals surface area contributed by atoms with E-state index in [4.69, 9.17) is 4.74 Å². The predicted octanol–water partition coefficient (Wildman–Crippen LogP) is 1.08. The minimum Gasteiger partial charge on any atom is -0.394 e. The van der Waals surface area contributed by atoms with Crippen molar-refractivity contribution in [3.8, 4) is 0 Å². The number of rotatable bonds is 5. The lowest BCUT2D eigenvalue weighted by atomic mass is 10.1. The van der Waals surface area contributed by atoms with Crippen molar-refractivity contribution in [2.45, 2.75) is 29.6 Å². The second-order valence-electron chi connectivity index (χ2n) is 5.09. The zero-order valence-corrected chi connectivity index (χ0v) is 14.4. The molecule has 0 bridgehead atoms. The fourth-order valence-electron chi connectivity index (χ4n) is 2.56. The van der Waals surface area contributed by atoms with E-state index in [0.717, 1.165) is 14.9 Å². The van der Waals surface area contributed by atoms with Gasteiger partial charge in [0.25, 0.3) is 0 Å². The van der Waals surface area contributed by atoms with Crippen molar-refractivity contribution in [2.24, 2.45) is 0 Å². The topological polar surface area (TPSA) is 101 Å². The quantitative estimate of drug-likeness (QED) is 0.391. The van der Waals surface area contributed by atoms with E-state index in [2.05, 4.69) is 32.5 Å². The summed E-state index contributed by atoms with van der Waals surface area (Å²) < 4.78 is 7.98. The fraction of sp³-hybridized carbons (Fsp3) is 0.429. The van der Waals surface area contributed by atoms with Gasteiger partial charge in [-0.1, -0.05) is 6.08 Å². The second kappa shape index (κ2) is 6.88. The van der Waals surface area contributed by atoms with Crippen LogP contribution >= 0.6 is 27.7 Å². The minimum absolute atomic E-state index is 0.371. The molecule has 23 heavy (non-hydrogen) atoms. The number of hydrogen-bond donors (Lipinski definition) is 3. The maximum absolute atomic E-state index is 10.2. The number of aliphatic hydroxyl groups excluding tert-OH is 3. The number of aromatic nitrogens is 3. The van der Waals surface area contributed by atoms with Crippen molar-refractivity contribution >= 4 is 38.7 Å². The smallest absolute Gasteiger partial charge is 0.164 e. The largest absolute Gasteiger partial charge is 0.394 e. The molecule has 1 fully saturated rings. The van der Waals surface area contributed by atoms with E-state index >= 15 is 0 Å². The molecule has 4 unspecified atom stereocenters. The molecule has 3 heterocycles. The molecule has 0 radical (unpaired) electrons. The summed E-state index contributed by atoms with van der Waals surface area (Å²) in [5, 5.41) is 31.0. The Kier molecular flexibility index (Phi) is 5.04. The zero-order chi connectivity index (χ0) is 16.6. The molecular formula is C14H16BrN3O4S. The van der Waals surface area contributed by atoms with Crippen molar-refractivity contribution in [2.75, 3.05) is 12.4 Å². The van der Waals surface area contributed by atoms with Crippen molar-refractivity contribution in [1.29, 1.82) is 0 Å². The van der Waals surface area contributed by atoms with Gasteiger partial charge in [-0.05, 0) is 15.9 Å². The second-order valence-corrected chi connectivity index (χ2v) is 6.95. The van der Waals surface area contributed by atoms with E-state index in [9.17, 15) is 15.3 Å². The molecule has 124 valence electrons. The Morgan fingerprint density at radius 1 is 1.39 bits per heavy atom. The lowest BCUT2D eigenvalue weighted by molar-refractivity contribution is -0.0509. The lowest BCUT2D eigenvalue weighted by Gasteiger charge is -2.17. The van der Waals surface area contributed by atoms with Gasteiger partial charge in [-0.25, -0.2) is 9.97 Å². The third kappa shape index (κ3) is 2.92. The van der Waals surface area contributed by atoms with Crippen molar-refractivity contribution in [3.05, 3.63) is 29.7 Å². The Bertz CT molecular complexity index is 725. The Morgan fingerprint density at radius 3 is 2.83 bits per heavy atom. The first-order valence-electron chi connectivity index (χ1n) is 6.95. The van der Waals surface area contributed by atoms with Gasteiger partial charge in [-0.3, -0.25) is 0 Å². The highest BCUT2D eigenvalue weighted by Crippen LogP contribution is 2.37. The van der Waals surface area contributed by atoms with E-state index in [1.807, 2.05) is 0 Å². The average molecular weight is 402 g/mol. The summed E-state index contributed by atoms with van der Waals surface area (Å²) in [7, 11) is 0. The van der Waals surface area contributed by atoms with Crippen LogP contribution in [0.4, 0.5) is 0 Å². The first-order chi connectivity index (χ1) is 11.1. The van der Waals surface area contributed by atoms with Crippen LogP contribution in [0.2, 0.25) is 0 Å². The number of thioether (sulfide) groups is 1. The van der Waals surface area contributed by atoms with Crippen LogP contribution < -0.4 is 0 Å². The first-order valence-corrected chi connectivity index (χ1v) is 8.73. The Hall–Kier alpha value is -0.970. The summed E-state index contributed by atoms with van der Waals surface area (Å²) >= 11 is 5.01. The molecular weight excluding hydrogens is 386 g/mol. The van der Waals surface area contributed by atoms with Gasteiger partial charge in [0, 0.05) is 16.4 Å². The molecule has 3 N–H and O–H groups in total. The van der Waals surface area contributed by atoms with E-state index < -0.39 is 24.5 Å². The molecule has 0 spiro atoms. The molecule has 3 rings (SSSR count). The molecule has 0 amide bonds. The van der Waals surface area contributed by atoms with Gasteiger partial charge >= 0.3 is 0 Å². The summed E-state index contributed by atoms with van der Waals surface area (Å²) in [5.74, 6) is 0.706. The van der Waals surface area contributed by atoms with Crippen LogP contribution in [0.5, 0.6) is 0 Å². The summed E-state index contributed by atoms with van der Waals surface area (Å²) in [5.41, 5.74) is 0.577. The average Bonchev–Trinajstić information content (AvgIpc) is 3.04. The maximum atomic E-state index is 10.2. The molecule has 1 saturated heterocycles. The molecule has 1 aliphatic heterocycles. The number of ether oxygens (including phenoxy) is 1. The van der Waals surface area contributed by atoms with Crippen LogP contribution in [0.3, 0.4) is 0 Å². The number of halogens is 1. The Labute approximate surface area is 145 Å². The molecule has 2 aromatic rings. The van der Waals surface area contributed by atoms with Crippen LogP contribution in [-0.4, -0.2) is 60.5 Å². The standard InChI is InChI=1S/C14H16BrN3O4S/c1-2-3-23-13-9-7(15)4-18(12(9)16-6-17-13)14-11(21)10(20)8(5-19)22-14/h2,4,6,8,10-11,14,19-21H,1,3,5H2. The van der Waals surface area contributed by atoms with Gasteiger partial charge in [0.1, 0.15) is 35.3 Å². The van der Waals surface area contributed by atoms with Gasteiger partial charge in [-0.2, -0.15) is 0 Å². The van der Waals surface area contributed by atoms with Gasteiger partial charge in [0.2, 0.25) is 0 Å². The molecule has 7 nitrogen and oxygen atoms in total. The molecule has 0 aromatic carbocycles. The number of hydrogen-bond acceptors (Lipinski definition) is 7. The Morgan fingerprint density at radius 2 is 2.17 bits per heavy atom. The van der Waals surface area contributed by atoms with Crippen LogP contribution in [0.25, 0.3) is 11.0 Å². The lowest BCUT2D eigenvalue weighted by Crippen LogP contribution is -2.33.